The fourth-order valence-electron chi connectivity index (χ4n) is 3.21. The molecule has 31 heavy (non-hydrogen) atoms. The molecule has 1 aromatic rings. The van der Waals surface area contributed by atoms with Gasteiger partial charge in [0.15, 0.2) is 6.10 Å². The van der Waals surface area contributed by atoms with Crippen LogP contribution in [0.3, 0.4) is 0 Å². The average molecular weight is 449 g/mol. The molecule has 2 amide bonds. The molecule has 0 radical (unpaired) electrons. The van der Waals surface area contributed by atoms with Gasteiger partial charge in [0.25, 0.3) is 6.23 Å². The lowest BCUT2D eigenvalue weighted by Crippen LogP contribution is -2.61. The van der Waals surface area contributed by atoms with Gasteiger partial charge in [0.1, 0.15) is 12.3 Å². The molecule has 5 N–H and O–H groups in total. The summed E-state index contributed by atoms with van der Waals surface area (Å²) in [7, 11) is 1.29. The van der Waals surface area contributed by atoms with Gasteiger partial charge in [-0.15, -0.1) is 0 Å². The zero-order chi connectivity index (χ0) is 23.2. The van der Waals surface area contributed by atoms with Crippen LogP contribution >= 0.6 is 0 Å². The van der Waals surface area contributed by atoms with Gasteiger partial charge >= 0.3 is 11.6 Å². The average Bonchev–Trinajstić information content (AvgIpc) is 2.97. The zero-order valence-corrected chi connectivity index (χ0v) is 17.0. The summed E-state index contributed by atoms with van der Waals surface area (Å²) in [5, 5.41) is 29.6. The predicted octanol–water partition coefficient (Wildman–Crippen LogP) is -0.657. The monoisotopic (exact) mass is 449 g/mol. The van der Waals surface area contributed by atoms with E-state index in [-0.39, 0.29) is 24.6 Å². The summed E-state index contributed by atoms with van der Waals surface area (Å²) in [6.45, 7) is -0.836. The highest BCUT2D eigenvalue weighted by Crippen LogP contribution is 2.39. The van der Waals surface area contributed by atoms with Gasteiger partial charge in [-0.25, -0.2) is 5.48 Å². The van der Waals surface area contributed by atoms with E-state index in [2.05, 4.69) is 5.32 Å². The van der Waals surface area contributed by atoms with Gasteiger partial charge in [-0.05, 0) is 12.8 Å². The number of nitrogens with one attached hydrogen (secondary N) is 2. The van der Waals surface area contributed by atoms with Crippen LogP contribution in [0.15, 0.2) is 17.1 Å². The first-order valence-electron chi connectivity index (χ1n) is 9.79. The Balaban J connectivity index is 1.95. The van der Waals surface area contributed by atoms with Crippen molar-refractivity contribution in [2.45, 2.75) is 62.9 Å². The van der Waals surface area contributed by atoms with Crippen molar-refractivity contribution < 1.29 is 43.1 Å². The van der Waals surface area contributed by atoms with Crippen molar-refractivity contribution in [1.82, 2.24) is 10.0 Å². The number of rotatable bonds is 10. The van der Waals surface area contributed by atoms with Crippen molar-refractivity contribution in [3.05, 3.63) is 22.7 Å². The maximum absolute atomic E-state index is 14.3. The van der Waals surface area contributed by atoms with E-state index in [1.807, 2.05) is 0 Å². The van der Waals surface area contributed by atoms with E-state index in [0.717, 1.165) is 10.8 Å². The number of aliphatic hydroxyl groups excluding tert-OH is 2. The lowest BCUT2D eigenvalue weighted by Gasteiger charge is -2.17. The molecule has 13 heteroatoms. The zero-order valence-electron chi connectivity index (χ0n) is 17.0. The van der Waals surface area contributed by atoms with E-state index in [0.29, 0.717) is 30.3 Å². The number of hydrogen-bond acceptors (Lipinski definition) is 7. The third-order valence-electron chi connectivity index (χ3n) is 5.02. The molecule has 174 valence electrons. The number of carbonyl (C=O) groups is 2. The second kappa shape index (κ2) is 10.7. The number of carbonyl (C=O) groups excluding carboxylic acids is 2. The summed E-state index contributed by atoms with van der Waals surface area (Å²) in [5.41, 5.74) is 0.632. The van der Waals surface area contributed by atoms with E-state index >= 15 is 0 Å². The number of unbranched alkanes of at least 4 members (excludes halogenated alkanes) is 3. The number of hydroxylamine groups is 1. The third kappa shape index (κ3) is 5.81. The van der Waals surface area contributed by atoms with Crippen molar-refractivity contribution in [1.29, 1.82) is 0 Å². The molecule has 0 aliphatic carbocycles. The summed E-state index contributed by atoms with van der Waals surface area (Å²) >= 11 is 0. The number of anilines is 1. The number of halogens is 2. The highest BCUT2D eigenvalue weighted by Gasteiger charge is 2.62. The molecule has 1 saturated heterocycles. The summed E-state index contributed by atoms with van der Waals surface area (Å²) < 4.78 is 35.1. The van der Waals surface area contributed by atoms with Crippen LogP contribution < -0.4 is 21.1 Å². The topological polar surface area (TPSA) is 154 Å². The van der Waals surface area contributed by atoms with E-state index in [1.165, 1.54) is 18.6 Å². The maximum Gasteiger partial charge on any atom is 0.501 e. The van der Waals surface area contributed by atoms with Crippen LogP contribution in [0.4, 0.5) is 14.6 Å². The molecule has 11 nitrogen and oxygen atoms in total. The van der Waals surface area contributed by atoms with Crippen LogP contribution in [0.5, 0.6) is 0 Å². The van der Waals surface area contributed by atoms with Gasteiger partial charge in [-0.1, -0.05) is 12.8 Å². The van der Waals surface area contributed by atoms with E-state index in [4.69, 9.17) is 15.1 Å². The number of ether oxygens (including phenoxy) is 1. The van der Waals surface area contributed by atoms with E-state index < -0.39 is 42.6 Å². The fraction of sp³-hybridized carbons (Fsp3) is 0.667. The molecule has 1 aliphatic heterocycles. The highest BCUT2D eigenvalue weighted by atomic mass is 19.3. The van der Waals surface area contributed by atoms with Gasteiger partial charge in [0, 0.05) is 18.9 Å². The number of amides is 2. The van der Waals surface area contributed by atoms with Crippen molar-refractivity contribution in [3.8, 4) is 0 Å². The first-order valence-corrected chi connectivity index (χ1v) is 9.79. The van der Waals surface area contributed by atoms with Crippen LogP contribution in [0.25, 0.3) is 0 Å². The number of aromatic nitrogens is 2. The minimum absolute atomic E-state index is 0.0893. The SMILES string of the molecule is Cn1c(NC(=O)CCCCCCC(=O)NO)cc[n+](C2OC(CO)C(O)C2(F)F)c1=O. The first kappa shape index (κ1) is 24.8. The summed E-state index contributed by atoms with van der Waals surface area (Å²) in [4.78, 5) is 35.5. The van der Waals surface area contributed by atoms with Crippen LogP contribution in [-0.4, -0.2) is 56.5 Å². The smallest absolute Gasteiger partial charge is 0.394 e. The second-order valence-corrected chi connectivity index (χ2v) is 7.28. The quantitative estimate of drug-likeness (QED) is 0.138. The molecule has 1 fully saturated rings. The van der Waals surface area contributed by atoms with Gasteiger partial charge < -0.3 is 14.9 Å². The molecule has 0 aromatic carbocycles. The number of hydrogen-bond donors (Lipinski definition) is 5. The third-order valence-corrected chi connectivity index (χ3v) is 5.02. The molecule has 2 rings (SSSR count). The molecule has 0 bridgehead atoms. The minimum Gasteiger partial charge on any atom is -0.394 e. The largest absolute Gasteiger partial charge is 0.501 e. The van der Waals surface area contributed by atoms with Crippen LogP contribution in [0, 0.1) is 0 Å². The number of aliphatic hydroxyl groups is 2. The highest BCUT2D eigenvalue weighted by molar-refractivity contribution is 5.89. The van der Waals surface area contributed by atoms with Crippen LogP contribution in [-0.2, 0) is 21.4 Å². The molecule has 1 aliphatic rings. The van der Waals surface area contributed by atoms with Crippen LogP contribution in [0.1, 0.15) is 44.8 Å². The molecule has 1 aromatic heterocycles. The van der Waals surface area contributed by atoms with Gasteiger partial charge in [0.05, 0.1) is 13.7 Å². The summed E-state index contributed by atoms with van der Waals surface area (Å²) in [6, 6.07) is 1.25. The molecular weight excluding hydrogens is 422 g/mol. The Morgan fingerprint density at radius 1 is 1.23 bits per heavy atom. The van der Waals surface area contributed by atoms with E-state index in [1.54, 1.807) is 0 Å². The standard InChI is InChI=1S/C18H26F2N4O7/c1-23-12(21-13(26)6-4-2-3-5-7-14(27)22-30)8-9-24(17(23)29)16-18(19,20)15(28)11(10-25)31-16/h8-9,11,15-16,25,28H,2-7,10H2,1H3,(H2,22,27,30)/p+1. The van der Waals surface area contributed by atoms with E-state index in [9.17, 15) is 28.3 Å². The summed E-state index contributed by atoms with van der Waals surface area (Å²) in [5.74, 6) is -4.56. The predicted molar refractivity (Wildman–Crippen MR) is 100 cm³/mol. The summed E-state index contributed by atoms with van der Waals surface area (Å²) in [6.07, 6.45) is -2.05. The normalized spacial score (nSPS) is 22.3. The van der Waals surface area contributed by atoms with Crippen molar-refractivity contribution >= 4 is 17.6 Å². The fourth-order valence-corrected chi connectivity index (χ4v) is 3.21. The number of alkyl halides is 2. The minimum atomic E-state index is -3.80. The lowest BCUT2D eigenvalue weighted by atomic mass is 10.1. The van der Waals surface area contributed by atoms with Gasteiger partial charge in [-0.2, -0.15) is 22.7 Å². The number of nitrogens with zero attached hydrogens (tertiary/aromatic N) is 2. The molecule has 2 heterocycles. The van der Waals surface area contributed by atoms with Crippen molar-refractivity contribution in [3.63, 3.8) is 0 Å². The Morgan fingerprint density at radius 2 is 1.84 bits per heavy atom. The Labute approximate surface area is 176 Å². The Bertz CT molecular complexity index is 849. The Morgan fingerprint density at radius 3 is 2.39 bits per heavy atom. The van der Waals surface area contributed by atoms with Crippen molar-refractivity contribution in [2.24, 2.45) is 7.05 Å². The molecule has 3 unspecified atom stereocenters. The van der Waals surface area contributed by atoms with Gasteiger partial charge in [0.2, 0.25) is 17.6 Å². The molecule has 0 saturated carbocycles. The first-order chi connectivity index (χ1) is 14.6. The second-order valence-electron chi connectivity index (χ2n) is 7.28. The molecule has 0 spiro atoms. The lowest BCUT2D eigenvalue weighted by molar-refractivity contribution is -0.790. The van der Waals surface area contributed by atoms with Crippen LogP contribution in [0.2, 0.25) is 0 Å². The Kier molecular flexibility index (Phi) is 8.56. The van der Waals surface area contributed by atoms with Gasteiger partial charge in [-0.3, -0.25) is 20.1 Å². The van der Waals surface area contributed by atoms with Crippen molar-refractivity contribution in [2.75, 3.05) is 11.9 Å². The maximum atomic E-state index is 14.3. The molecule has 3 atom stereocenters. The molecular formula is C18H27F2N4O7+. The Hall–Kier alpha value is -2.48.